The number of ether oxygens (including phenoxy) is 2. The molecule has 80 heavy (non-hydrogen) atoms. The average Bonchev–Trinajstić information content (AvgIpc) is 3.43. The van der Waals surface area contributed by atoms with Gasteiger partial charge in [0, 0.05) is 19.9 Å². The first-order chi connectivity index (χ1) is 37.7. The number of esters is 1. The average molecular weight is 1130 g/mol. The molecule has 13 atom stereocenters. The quantitative estimate of drug-likeness (QED) is 0.0583. The van der Waals surface area contributed by atoms with Gasteiger partial charge >= 0.3 is 5.97 Å². The number of carbonyl (C=O) groups excluding carboxylic acids is 10. The third kappa shape index (κ3) is 18.1. The van der Waals surface area contributed by atoms with E-state index in [0.717, 1.165) is 9.80 Å². The molecule has 0 aliphatic carbocycles. The molecule has 2 aliphatic rings. The van der Waals surface area contributed by atoms with E-state index in [9.17, 15) is 73.5 Å². The molecular weight excluding hydrogens is 1050 g/mol. The normalized spacial score (nSPS) is 24.5. The van der Waals surface area contributed by atoms with E-state index < -0.39 is 157 Å². The number of hydrogen-bond donors (Lipinski definition) is 12. The van der Waals surface area contributed by atoms with Crippen molar-refractivity contribution in [2.45, 2.75) is 172 Å². The van der Waals surface area contributed by atoms with Crippen molar-refractivity contribution in [3.63, 3.8) is 0 Å². The van der Waals surface area contributed by atoms with Crippen molar-refractivity contribution in [3.8, 4) is 11.5 Å². The van der Waals surface area contributed by atoms with Crippen LogP contribution in [0, 0.1) is 11.8 Å². The highest BCUT2D eigenvalue weighted by Gasteiger charge is 2.47. The zero-order valence-corrected chi connectivity index (χ0v) is 46.4. The predicted molar refractivity (Wildman–Crippen MR) is 285 cm³/mol. The number of benzene rings is 2. The first-order valence-corrected chi connectivity index (χ1v) is 26.7. The number of hydrogen-bond acceptors (Lipinski definition) is 17. The van der Waals surface area contributed by atoms with E-state index >= 15 is 0 Å². The fourth-order valence-corrected chi connectivity index (χ4v) is 9.22. The summed E-state index contributed by atoms with van der Waals surface area (Å²) in [5.74, 6) is -10.9. The molecule has 2 bridgehead atoms. The van der Waals surface area contributed by atoms with E-state index in [-0.39, 0.29) is 56.6 Å². The number of aliphatic hydroxyl groups is 4. The summed E-state index contributed by atoms with van der Waals surface area (Å²) < 4.78 is 11.2. The van der Waals surface area contributed by atoms with Gasteiger partial charge in [-0.15, -0.1) is 0 Å². The van der Waals surface area contributed by atoms with Gasteiger partial charge in [0.05, 0.1) is 19.8 Å². The number of nitrogens with one attached hydrogen (secondary N) is 6. The Morgan fingerprint density at radius 3 is 2.00 bits per heavy atom. The molecule has 2 fully saturated rings. The van der Waals surface area contributed by atoms with Gasteiger partial charge in [-0.25, -0.2) is 4.79 Å². The summed E-state index contributed by atoms with van der Waals surface area (Å²) in [6.07, 6.45) is -8.43. The highest BCUT2D eigenvalue weighted by molar-refractivity contribution is 5.99. The van der Waals surface area contributed by atoms with Crippen molar-refractivity contribution < 1.29 is 83.0 Å². The van der Waals surface area contributed by atoms with Gasteiger partial charge in [-0.3, -0.25) is 43.2 Å². The van der Waals surface area contributed by atoms with E-state index in [1.165, 1.54) is 40.1 Å². The standard InChI is InChI=1S/C54H79N9O17/c1-9-28(4)43-54(78)80-30(6)44(61-47(71)36(20-22-41(55)68)56-46(70)35(57-50(74)40(67)26-64)19-14-31-10-15-33(66)16-11-31)51(75)59-38(24-27(2)3)48(72)58-37-21-23-42(69)63(52(37)76)45(29(5)65)53(77)62(7)39(49(73)60-43)25-32-12-17-34(79-8)18-13-32/h10-13,15-18,27-30,35-40,42-45,64-67,69H,9,14,19-26H2,1-8H3,(H2,55,68)(H,56,70)(H,57,74)(H,58,72)(H,59,75)(H,60,73)(H,61,71)/t28-,29+,30+,35-,36-,37-,38-,39-,40-,42+,43-,44-,45-/m0/s1. The van der Waals surface area contributed by atoms with E-state index in [1.807, 2.05) is 0 Å². The Morgan fingerprint density at radius 1 is 0.812 bits per heavy atom. The molecule has 0 radical (unpaired) electrons. The van der Waals surface area contributed by atoms with E-state index in [0.29, 0.717) is 16.9 Å². The number of aryl methyl sites for hydroxylation is 1. The summed E-state index contributed by atoms with van der Waals surface area (Å²) >= 11 is 0. The van der Waals surface area contributed by atoms with Crippen LogP contribution < -0.4 is 42.4 Å². The van der Waals surface area contributed by atoms with Gasteiger partial charge in [-0.2, -0.15) is 0 Å². The number of fused-ring (bicyclic) bond motifs is 2. The van der Waals surface area contributed by atoms with Crippen LogP contribution in [0.15, 0.2) is 48.5 Å². The maximum Gasteiger partial charge on any atom is 0.329 e. The molecule has 9 amide bonds. The number of aliphatic hydroxyl groups excluding tert-OH is 4. The first-order valence-electron chi connectivity index (χ1n) is 26.7. The third-order valence-electron chi connectivity index (χ3n) is 14.2. The van der Waals surface area contributed by atoms with Crippen molar-refractivity contribution in [2.75, 3.05) is 20.8 Å². The minimum Gasteiger partial charge on any atom is -0.508 e. The summed E-state index contributed by atoms with van der Waals surface area (Å²) in [5, 5.41) is 67.0. The lowest BCUT2D eigenvalue weighted by atomic mass is 9.95. The number of phenols is 1. The number of aromatic hydroxyl groups is 1. The van der Waals surface area contributed by atoms with Crippen LogP contribution in [0.25, 0.3) is 0 Å². The van der Waals surface area contributed by atoms with E-state index in [2.05, 4.69) is 31.9 Å². The van der Waals surface area contributed by atoms with Crippen LogP contribution >= 0.6 is 0 Å². The van der Waals surface area contributed by atoms with Gasteiger partial charge in [-0.05, 0) is 99.6 Å². The molecule has 0 saturated carbocycles. The molecule has 26 nitrogen and oxygen atoms in total. The molecule has 13 N–H and O–H groups in total. The molecule has 4 rings (SSSR count). The van der Waals surface area contributed by atoms with Crippen LogP contribution in [0.2, 0.25) is 0 Å². The zero-order chi connectivity index (χ0) is 59.7. The van der Waals surface area contributed by atoms with Crippen LogP contribution in [0.5, 0.6) is 11.5 Å². The third-order valence-corrected chi connectivity index (χ3v) is 14.2. The number of carbonyl (C=O) groups is 10. The van der Waals surface area contributed by atoms with Crippen LogP contribution in [-0.4, -0.2) is 188 Å². The fourth-order valence-electron chi connectivity index (χ4n) is 9.22. The number of nitrogens with two attached hydrogens (primary N) is 1. The van der Waals surface area contributed by atoms with Crippen LogP contribution in [0.4, 0.5) is 0 Å². The lowest BCUT2D eigenvalue weighted by Crippen LogP contribution is -2.67. The lowest BCUT2D eigenvalue weighted by molar-refractivity contribution is -0.170. The Kier molecular flexibility index (Phi) is 24.6. The number of cyclic esters (lactones) is 1. The van der Waals surface area contributed by atoms with Gasteiger partial charge in [0.1, 0.15) is 72.2 Å². The topological polar surface area (TPSA) is 395 Å². The largest absolute Gasteiger partial charge is 0.508 e. The number of likely N-dealkylation sites (N-methyl/N-ethyl adjacent to an activating group) is 1. The Bertz CT molecular complexity index is 2500. The van der Waals surface area contributed by atoms with Gasteiger partial charge in [-0.1, -0.05) is 58.4 Å². The maximum atomic E-state index is 14.8. The summed E-state index contributed by atoms with van der Waals surface area (Å²) in [7, 11) is 2.71. The molecule has 442 valence electrons. The Hall–Kier alpha value is -7.42. The van der Waals surface area contributed by atoms with E-state index in [1.54, 1.807) is 64.1 Å². The minimum atomic E-state index is -1.95. The number of piperidine rings is 1. The maximum absolute atomic E-state index is 14.8. The summed E-state index contributed by atoms with van der Waals surface area (Å²) in [6.45, 7) is 8.20. The van der Waals surface area contributed by atoms with Gasteiger partial charge in [0.2, 0.25) is 47.3 Å². The van der Waals surface area contributed by atoms with E-state index in [4.69, 9.17) is 15.2 Å². The first kappa shape index (κ1) is 65.1. The Morgan fingerprint density at radius 2 is 1.43 bits per heavy atom. The Balaban J connectivity index is 1.84. The highest BCUT2D eigenvalue weighted by atomic mass is 16.5. The second kappa shape index (κ2) is 30.2. The fraction of sp³-hybridized carbons (Fsp3) is 0.593. The van der Waals surface area contributed by atoms with Crippen molar-refractivity contribution in [2.24, 2.45) is 17.6 Å². The molecule has 2 aliphatic heterocycles. The summed E-state index contributed by atoms with van der Waals surface area (Å²) in [6, 6.07) is -0.531. The number of rotatable bonds is 21. The molecule has 2 saturated heterocycles. The highest BCUT2D eigenvalue weighted by Crippen LogP contribution is 2.26. The number of nitrogens with zero attached hydrogens (tertiary/aromatic N) is 2. The number of amides is 9. The summed E-state index contributed by atoms with van der Waals surface area (Å²) in [4.78, 5) is 143. The summed E-state index contributed by atoms with van der Waals surface area (Å²) in [5.41, 5.74) is 6.58. The van der Waals surface area contributed by atoms with Crippen molar-refractivity contribution in [3.05, 3.63) is 59.7 Å². The second-order valence-corrected chi connectivity index (χ2v) is 20.8. The molecule has 0 unspecified atom stereocenters. The number of methoxy groups -OCH3 is 1. The van der Waals surface area contributed by atoms with Gasteiger partial charge in [0.15, 0.2) is 6.10 Å². The molecule has 2 heterocycles. The zero-order valence-electron chi connectivity index (χ0n) is 46.4. The minimum absolute atomic E-state index is 0.0452. The molecule has 2 aromatic carbocycles. The van der Waals surface area contributed by atoms with Gasteiger partial charge in [0.25, 0.3) is 5.91 Å². The second-order valence-electron chi connectivity index (χ2n) is 20.8. The smallest absolute Gasteiger partial charge is 0.329 e. The molecule has 0 spiro atoms. The number of primary amides is 1. The molecule has 0 aromatic heterocycles. The predicted octanol–water partition coefficient (Wildman–Crippen LogP) is -2.34. The lowest BCUT2D eigenvalue weighted by Gasteiger charge is -2.43. The monoisotopic (exact) mass is 1130 g/mol. The number of phenolic OH excluding ortho intramolecular Hbond substituents is 1. The molecule has 26 heteroatoms. The van der Waals surface area contributed by atoms with Crippen LogP contribution in [0.1, 0.15) is 97.6 Å². The molecule has 2 aromatic rings. The van der Waals surface area contributed by atoms with Crippen LogP contribution in [-0.2, 0) is 65.5 Å². The van der Waals surface area contributed by atoms with Crippen molar-refractivity contribution in [1.29, 1.82) is 0 Å². The molecular formula is C54H79N9O17. The van der Waals surface area contributed by atoms with Gasteiger partial charge < -0.3 is 82.4 Å². The SMILES string of the molecule is CC[C@H](C)[C@@H]1NC(=O)[C@H](Cc2ccc(OC)cc2)N(C)C(=O)[C@H]([C@@H](C)O)N2C(=O)[C@H](CC[C@H]2O)NC(=O)[C@H](CC(C)C)NC(=O)[C@@H](NC(=O)[C@H](CCC(N)=O)NC(=O)[C@H](CCc2ccc(O)cc2)NC(=O)[C@@H](O)CO)[C@@H](C)OC1=O. The van der Waals surface area contributed by atoms with Crippen molar-refractivity contribution in [1.82, 2.24) is 41.7 Å². The van der Waals surface area contributed by atoms with Crippen molar-refractivity contribution >= 4 is 59.1 Å². The Labute approximate surface area is 464 Å². The van der Waals surface area contributed by atoms with Crippen LogP contribution in [0.3, 0.4) is 0 Å².